The van der Waals surface area contributed by atoms with Crippen molar-refractivity contribution in [3.63, 3.8) is 0 Å². The fourth-order valence-electron chi connectivity index (χ4n) is 1.45. The molecule has 1 heterocycles. The van der Waals surface area contributed by atoms with Crippen LogP contribution in [0.15, 0.2) is 30.3 Å². The van der Waals surface area contributed by atoms with Gasteiger partial charge in [-0.25, -0.2) is 0 Å². The first-order chi connectivity index (χ1) is 8.35. The first kappa shape index (κ1) is 12.3. The minimum Gasteiger partial charge on any atom is -0.406 e. The Bertz CT molecular complexity index is 526. The van der Waals surface area contributed by atoms with E-state index < -0.39 is 6.36 Å². The summed E-state index contributed by atoms with van der Waals surface area (Å²) in [5.41, 5.74) is 6.87. The third-order valence-electron chi connectivity index (χ3n) is 2.30. The topological polar surface area (TPSA) is 53.1 Å². The summed E-state index contributed by atoms with van der Waals surface area (Å²) in [7, 11) is 1.68. The van der Waals surface area contributed by atoms with Gasteiger partial charge in [0, 0.05) is 18.7 Å². The minimum atomic E-state index is -4.68. The zero-order valence-corrected chi connectivity index (χ0v) is 9.40. The number of nitrogen functional groups attached to an aromatic ring is 1. The number of alkyl halides is 3. The van der Waals surface area contributed by atoms with E-state index in [0.29, 0.717) is 17.1 Å². The average Bonchev–Trinajstić information content (AvgIpc) is 2.58. The molecule has 0 unspecified atom stereocenters. The highest BCUT2D eigenvalue weighted by Crippen LogP contribution is 2.26. The molecule has 0 spiro atoms. The Balaban J connectivity index is 2.22. The maximum atomic E-state index is 12.0. The highest BCUT2D eigenvalue weighted by molar-refractivity contribution is 5.63. The molecule has 18 heavy (non-hydrogen) atoms. The van der Waals surface area contributed by atoms with Crippen LogP contribution in [0.5, 0.6) is 5.75 Å². The van der Waals surface area contributed by atoms with Crippen LogP contribution in [0.1, 0.15) is 0 Å². The second-order valence-electron chi connectivity index (χ2n) is 3.65. The largest absolute Gasteiger partial charge is 0.573 e. The summed E-state index contributed by atoms with van der Waals surface area (Å²) >= 11 is 0. The molecule has 0 radical (unpaired) electrons. The number of nitrogens with zero attached hydrogens (tertiary/aromatic N) is 2. The summed E-state index contributed by atoms with van der Waals surface area (Å²) in [6, 6.07) is 7.08. The van der Waals surface area contributed by atoms with E-state index in [4.69, 9.17) is 5.73 Å². The molecule has 1 aromatic heterocycles. The molecule has 2 rings (SSSR count). The van der Waals surface area contributed by atoms with Crippen molar-refractivity contribution < 1.29 is 17.9 Å². The standard InChI is InChI=1S/C11H10F3N3O/c1-17-10(15)6-9(16-17)7-2-4-8(5-3-7)18-11(12,13)14/h2-6H,15H2,1H3. The van der Waals surface area contributed by atoms with E-state index in [1.54, 1.807) is 13.1 Å². The van der Waals surface area contributed by atoms with Gasteiger partial charge in [-0.2, -0.15) is 5.10 Å². The summed E-state index contributed by atoms with van der Waals surface area (Å²) in [6.45, 7) is 0. The van der Waals surface area contributed by atoms with Crippen molar-refractivity contribution in [1.29, 1.82) is 0 Å². The lowest BCUT2D eigenvalue weighted by molar-refractivity contribution is -0.274. The van der Waals surface area contributed by atoms with Gasteiger partial charge in [0.25, 0.3) is 0 Å². The molecule has 4 nitrogen and oxygen atoms in total. The Morgan fingerprint density at radius 3 is 2.28 bits per heavy atom. The zero-order valence-electron chi connectivity index (χ0n) is 9.40. The number of aromatic nitrogens is 2. The first-order valence-corrected chi connectivity index (χ1v) is 5.01. The van der Waals surface area contributed by atoms with Gasteiger partial charge >= 0.3 is 6.36 Å². The van der Waals surface area contributed by atoms with Gasteiger partial charge in [0.1, 0.15) is 11.6 Å². The summed E-state index contributed by atoms with van der Waals surface area (Å²) in [6.07, 6.45) is -4.68. The van der Waals surface area contributed by atoms with Crippen molar-refractivity contribution in [3.05, 3.63) is 30.3 Å². The fourth-order valence-corrected chi connectivity index (χ4v) is 1.45. The summed E-state index contributed by atoms with van der Waals surface area (Å²) in [4.78, 5) is 0. The van der Waals surface area contributed by atoms with Crippen LogP contribution in [-0.4, -0.2) is 16.1 Å². The lowest BCUT2D eigenvalue weighted by Gasteiger charge is -2.08. The molecule has 0 aliphatic carbocycles. The van der Waals surface area contributed by atoms with E-state index in [1.165, 1.54) is 28.9 Å². The summed E-state index contributed by atoms with van der Waals surface area (Å²) in [5.74, 6) is 0.204. The number of halogens is 3. The van der Waals surface area contributed by atoms with Crippen molar-refractivity contribution in [2.45, 2.75) is 6.36 Å². The van der Waals surface area contributed by atoms with Gasteiger partial charge in [0.2, 0.25) is 0 Å². The molecule has 1 aromatic carbocycles. The first-order valence-electron chi connectivity index (χ1n) is 5.01. The number of rotatable bonds is 2. The van der Waals surface area contributed by atoms with Gasteiger partial charge in [-0.05, 0) is 24.3 Å². The Labute approximate surface area is 101 Å². The van der Waals surface area contributed by atoms with Gasteiger partial charge in [-0.1, -0.05) is 0 Å². The van der Waals surface area contributed by atoms with E-state index >= 15 is 0 Å². The van der Waals surface area contributed by atoms with Crippen molar-refractivity contribution in [2.75, 3.05) is 5.73 Å². The third-order valence-corrected chi connectivity index (χ3v) is 2.30. The predicted octanol–water partition coefficient (Wildman–Crippen LogP) is 2.57. The number of aryl methyl sites for hydroxylation is 1. The van der Waals surface area contributed by atoms with Gasteiger partial charge in [0.15, 0.2) is 0 Å². The molecule has 0 bridgehead atoms. The second-order valence-corrected chi connectivity index (χ2v) is 3.65. The predicted molar refractivity (Wildman–Crippen MR) is 59.7 cm³/mol. The number of ether oxygens (including phenoxy) is 1. The quantitative estimate of drug-likeness (QED) is 0.899. The number of anilines is 1. The second kappa shape index (κ2) is 4.25. The maximum absolute atomic E-state index is 12.0. The van der Waals surface area contributed by atoms with Crippen molar-refractivity contribution in [2.24, 2.45) is 7.05 Å². The number of benzene rings is 1. The maximum Gasteiger partial charge on any atom is 0.573 e. The Morgan fingerprint density at radius 1 is 1.22 bits per heavy atom. The molecular weight excluding hydrogens is 247 g/mol. The fraction of sp³-hybridized carbons (Fsp3) is 0.182. The van der Waals surface area contributed by atoms with Crippen LogP contribution in [0.3, 0.4) is 0 Å². The monoisotopic (exact) mass is 257 g/mol. The lowest BCUT2D eigenvalue weighted by Crippen LogP contribution is -2.16. The molecule has 0 saturated carbocycles. The van der Waals surface area contributed by atoms with Crippen LogP contribution in [0.2, 0.25) is 0 Å². The molecule has 2 N–H and O–H groups in total. The molecule has 96 valence electrons. The smallest absolute Gasteiger partial charge is 0.406 e. The van der Waals surface area contributed by atoms with E-state index in [9.17, 15) is 13.2 Å². The summed E-state index contributed by atoms with van der Waals surface area (Å²) < 4.78 is 41.2. The Morgan fingerprint density at radius 2 is 1.83 bits per heavy atom. The average molecular weight is 257 g/mol. The molecule has 0 amide bonds. The molecule has 7 heteroatoms. The van der Waals surface area contributed by atoms with Crippen LogP contribution in [-0.2, 0) is 7.05 Å². The molecule has 0 atom stereocenters. The number of hydrogen-bond acceptors (Lipinski definition) is 3. The number of nitrogens with two attached hydrogens (primary N) is 1. The van der Waals surface area contributed by atoms with Gasteiger partial charge < -0.3 is 10.5 Å². The molecule has 0 saturated heterocycles. The zero-order chi connectivity index (χ0) is 13.3. The van der Waals surface area contributed by atoms with Gasteiger partial charge in [-0.3, -0.25) is 4.68 Å². The SMILES string of the molecule is Cn1nc(-c2ccc(OC(F)(F)F)cc2)cc1N. The minimum absolute atomic E-state index is 0.268. The highest BCUT2D eigenvalue weighted by Gasteiger charge is 2.30. The van der Waals surface area contributed by atoms with E-state index in [2.05, 4.69) is 9.84 Å². The van der Waals surface area contributed by atoms with Crippen LogP contribution in [0.25, 0.3) is 11.3 Å². The summed E-state index contributed by atoms with van der Waals surface area (Å²) in [5, 5.41) is 4.11. The normalized spacial score (nSPS) is 11.6. The molecular formula is C11H10F3N3O. The molecule has 0 fully saturated rings. The van der Waals surface area contributed by atoms with Gasteiger partial charge in [-0.15, -0.1) is 13.2 Å². The molecule has 2 aromatic rings. The van der Waals surface area contributed by atoms with Gasteiger partial charge in [0.05, 0.1) is 5.69 Å². The Hall–Kier alpha value is -2.18. The van der Waals surface area contributed by atoms with Crippen molar-refractivity contribution >= 4 is 5.82 Å². The van der Waals surface area contributed by atoms with Crippen LogP contribution in [0, 0.1) is 0 Å². The molecule has 0 aliphatic rings. The highest BCUT2D eigenvalue weighted by atomic mass is 19.4. The number of hydrogen-bond donors (Lipinski definition) is 1. The van der Waals surface area contributed by atoms with E-state index in [1.807, 2.05) is 0 Å². The Kier molecular flexibility index (Phi) is 2.90. The van der Waals surface area contributed by atoms with E-state index in [0.717, 1.165) is 0 Å². The van der Waals surface area contributed by atoms with Crippen LogP contribution < -0.4 is 10.5 Å². The van der Waals surface area contributed by atoms with Crippen LogP contribution >= 0.6 is 0 Å². The van der Waals surface area contributed by atoms with Crippen LogP contribution in [0.4, 0.5) is 19.0 Å². The molecule has 0 aliphatic heterocycles. The van der Waals surface area contributed by atoms with Crippen molar-refractivity contribution in [3.8, 4) is 17.0 Å². The third kappa shape index (κ3) is 2.73. The van der Waals surface area contributed by atoms with E-state index in [-0.39, 0.29) is 5.75 Å². The van der Waals surface area contributed by atoms with Crippen molar-refractivity contribution in [1.82, 2.24) is 9.78 Å². The lowest BCUT2D eigenvalue weighted by atomic mass is 10.1.